The van der Waals surface area contributed by atoms with Crippen LogP contribution in [0.25, 0.3) is 0 Å². The smallest absolute Gasteiger partial charge is 0.196 e. The summed E-state index contributed by atoms with van der Waals surface area (Å²) in [4.78, 5) is 6.33. The van der Waals surface area contributed by atoms with Gasteiger partial charge in [0.15, 0.2) is 5.96 Å². The number of hydrogen-bond acceptors (Lipinski definition) is 3. The second kappa shape index (κ2) is 5.87. The molecule has 1 aliphatic rings. The maximum Gasteiger partial charge on any atom is 0.196 e. The van der Waals surface area contributed by atoms with Crippen LogP contribution < -0.4 is 10.6 Å². The van der Waals surface area contributed by atoms with Crippen molar-refractivity contribution in [2.24, 2.45) is 10.7 Å². The van der Waals surface area contributed by atoms with Gasteiger partial charge in [-0.15, -0.1) is 0 Å². The van der Waals surface area contributed by atoms with E-state index < -0.39 is 0 Å². The summed E-state index contributed by atoms with van der Waals surface area (Å²) in [7, 11) is 0. The normalized spacial score (nSPS) is 18.0. The first-order chi connectivity index (χ1) is 10.1. The Kier molecular flexibility index (Phi) is 4.11. The SMILES string of the molecule is NC1=NCC(c2cc(Cl)ccc2Cl)N1c1ccc(Br)cc1. The highest BCUT2D eigenvalue weighted by atomic mass is 79.9. The summed E-state index contributed by atoms with van der Waals surface area (Å²) in [6, 6.07) is 13.3. The lowest BCUT2D eigenvalue weighted by atomic mass is 10.1. The maximum atomic E-state index is 6.32. The van der Waals surface area contributed by atoms with Gasteiger partial charge >= 0.3 is 0 Å². The number of anilines is 1. The molecule has 1 atom stereocenters. The van der Waals surface area contributed by atoms with Crippen molar-refractivity contribution in [2.45, 2.75) is 6.04 Å². The van der Waals surface area contributed by atoms with Crippen molar-refractivity contribution < 1.29 is 0 Å². The molecule has 0 saturated carbocycles. The number of guanidine groups is 1. The van der Waals surface area contributed by atoms with Crippen molar-refractivity contribution in [3.63, 3.8) is 0 Å². The highest BCUT2D eigenvalue weighted by Gasteiger charge is 2.30. The van der Waals surface area contributed by atoms with Crippen LogP contribution in [0.3, 0.4) is 0 Å². The number of halogens is 3. The van der Waals surface area contributed by atoms with Crippen LogP contribution in [-0.2, 0) is 0 Å². The van der Waals surface area contributed by atoms with Gasteiger partial charge in [0.1, 0.15) is 0 Å². The van der Waals surface area contributed by atoms with E-state index in [1.165, 1.54) is 0 Å². The lowest BCUT2D eigenvalue weighted by Crippen LogP contribution is -2.36. The molecule has 1 heterocycles. The Labute approximate surface area is 141 Å². The first-order valence-corrected chi connectivity index (χ1v) is 7.91. The molecule has 0 aromatic heterocycles. The van der Waals surface area contributed by atoms with Crippen molar-refractivity contribution in [1.82, 2.24) is 0 Å². The van der Waals surface area contributed by atoms with Gasteiger partial charge in [0, 0.05) is 20.2 Å². The molecule has 0 bridgehead atoms. The summed E-state index contributed by atoms with van der Waals surface area (Å²) >= 11 is 15.8. The zero-order chi connectivity index (χ0) is 15.0. The van der Waals surface area contributed by atoms with E-state index in [1.807, 2.05) is 35.2 Å². The summed E-state index contributed by atoms with van der Waals surface area (Å²) in [5.41, 5.74) is 7.95. The molecule has 108 valence electrons. The Hall–Kier alpha value is -1.23. The molecule has 6 heteroatoms. The molecular formula is C15H12BrCl2N3. The van der Waals surface area contributed by atoms with Gasteiger partial charge in [-0.1, -0.05) is 39.1 Å². The number of rotatable bonds is 2. The van der Waals surface area contributed by atoms with E-state index in [2.05, 4.69) is 20.9 Å². The molecule has 1 unspecified atom stereocenters. The maximum absolute atomic E-state index is 6.32. The van der Waals surface area contributed by atoms with Gasteiger partial charge in [-0.2, -0.15) is 0 Å². The predicted octanol–water partition coefficient (Wildman–Crippen LogP) is 4.63. The van der Waals surface area contributed by atoms with Crippen LogP contribution in [0, 0.1) is 0 Å². The monoisotopic (exact) mass is 383 g/mol. The predicted molar refractivity (Wildman–Crippen MR) is 92.3 cm³/mol. The van der Waals surface area contributed by atoms with Gasteiger partial charge in [0.2, 0.25) is 0 Å². The van der Waals surface area contributed by atoms with Gasteiger partial charge in [0.05, 0.1) is 12.6 Å². The molecule has 1 aliphatic heterocycles. The van der Waals surface area contributed by atoms with Crippen LogP contribution in [0.4, 0.5) is 5.69 Å². The third kappa shape index (κ3) is 2.89. The first kappa shape index (κ1) is 14.7. The van der Waals surface area contributed by atoms with Crippen molar-refractivity contribution in [1.29, 1.82) is 0 Å². The fraction of sp³-hybridized carbons (Fsp3) is 0.133. The Morgan fingerprint density at radius 2 is 1.86 bits per heavy atom. The van der Waals surface area contributed by atoms with Gasteiger partial charge in [0.25, 0.3) is 0 Å². The van der Waals surface area contributed by atoms with E-state index in [9.17, 15) is 0 Å². The van der Waals surface area contributed by atoms with Gasteiger partial charge < -0.3 is 10.6 Å². The molecule has 0 amide bonds. The molecule has 2 aromatic rings. The fourth-order valence-corrected chi connectivity index (χ4v) is 3.11. The van der Waals surface area contributed by atoms with Gasteiger partial charge in [-0.25, -0.2) is 0 Å². The van der Waals surface area contributed by atoms with Crippen molar-refractivity contribution in [2.75, 3.05) is 11.4 Å². The van der Waals surface area contributed by atoms with Crippen LogP contribution in [0.5, 0.6) is 0 Å². The third-order valence-corrected chi connectivity index (χ3v) is 4.51. The molecular weight excluding hydrogens is 373 g/mol. The Morgan fingerprint density at radius 1 is 1.14 bits per heavy atom. The van der Waals surface area contributed by atoms with Crippen LogP contribution in [0.15, 0.2) is 51.9 Å². The topological polar surface area (TPSA) is 41.6 Å². The third-order valence-electron chi connectivity index (χ3n) is 3.41. The minimum absolute atomic E-state index is 0.0441. The minimum atomic E-state index is -0.0441. The summed E-state index contributed by atoms with van der Waals surface area (Å²) in [5.74, 6) is 0.485. The standard InChI is InChI=1S/C15H12BrCl2N3/c16-9-1-4-11(5-2-9)21-14(8-20-15(21)19)12-7-10(17)3-6-13(12)18/h1-7,14H,8H2,(H2,19,20). The van der Waals surface area contributed by atoms with Crippen LogP contribution in [-0.4, -0.2) is 12.5 Å². The molecule has 21 heavy (non-hydrogen) atoms. The Bertz CT molecular complexity index is 701. The number of nitrogens with zero attached hydrogens (tertiary/aromatic N) is 2. The highest BCUT2D eigenvalue weighted by Crippen LogP contribution is 2.36. The Balaban J connectivity index is 2.02. The summed E-state index contributed by atoms with van der Waals surface area (Å²) in [5, 5.41) is 1.31. The van der Waals surface area contributed by atoms with E-state index in [-0.39, 0.29) is 6.04 Å². The second-order valence-corrected chi connectivity index (χ2v) is 6.49. The van der Waals surface area contributed by atoms with Gasteiger partial charge in [-0.3, -0.25) is 4.99 Å². The molecule has 2 aromatic carbocycles. The van der Waals surface area contributed by atoms with E-state index in [4.69, 9.17) is 28.9 Å². The van der Waals surface area contributed by atoms with Crippen molar-refractivity contribution >= 4 is 50.8 Å². The van der Waals surface area contributed by atoms with Crippen molar-refractivity contribution in [3.8, 4) is 0 Å². The minimum Gasteiger partial charge on any atom is -0.369 e. The average molecular weight is 385 g/mol. The van der Waals surface area contributed by atoms with Crippen molar-refractivity contribution in [3.05, 3.63) is 62.5 Å². The zero-order valence-electron chi connectivity index (χ0n) is 10.9. The molecule has 3 rings (SSSR count). The molecule has 0 spiro atoms. The number of nitrogens with two attached hydrogens (primary N) is 1. The number of benzene rings is 2. The molecule has 0 saturated heterocycles. The van der Waals surface area contributed by atoms with Gasteiger partial charge in [-0.05, 0) is 48.0 Å². The van der Waals surface area contributed by atoms with E-state index in [0.717, 1.165) is 15.7 Å². The van der Waals surface area contributed by atoms with E-state index >= 15 is 0 Å². The fourth-order valence-electron chi connectivity index (χ4n) is 2.42. The highest BCUT2D eigenvalue weighted by molar-refractivity contribution is 9.10. The lowest BCUT2D eigenvalue weighted by molar-refractivity contribution is 0.769. The zero-order valence-corrected chi connectivity index (χ0v) is 14.0. The number of hydrogen-bond donors (Lipinski definition) is 1. The summed E-state index contributed by atoms with van der Waals surface area (Å²) in [6.45, 7) is 0.557. The molecule has 3 nitrogen and oxygen atoms in total. The van der Waals surface area contributed by atoms with Crippen LogP contribution in [0.1, 0.15) is 11.6 Å². The largest absolute Gasteiger partial charge is 0.369 e. The lowest BCUT2D eigenvalue weighted by Gasteiger charge is -2.27. The quantitative estimate of drug-likeness (QED) is 0.819. The molecule has 0 fully saturated rings. The van der Waals surface area contributed by atoms with E-state index in [0.29, 0.717) is 22.5 Å². The van der Waals surface area contributed by atoms with E-state index in [1.54, 1.807) is 12.1 Å². The first-order valence-electron chi connectivity index (χ1n) is 6.36. The summed E-state index contributed by atoms with van der Waals surface area (Å²) < 4.78 is 1.01. The molecule has 2 N–H and O–H groups in total. The van der Waals surface area contributed by atoms with Crippen LogP contribution >= 0.6 is 39.1 Å². The second-order valence-electron chi connectivity index (χ2n) is 4.73. The molecule has 0 aliphatic carbocycles. The van der Waals surface area contributed by atoms with Crippen LogP contribution in [0.2, 0.25) is 10.0 Å². The Morgan fingerprint density at radius 3 is 2.57 bits per heavy atom. The number of aliphatic imine (C=N–C) groups is 1. The average Bonchev–Trinajstić information content (AvgIpc) is 2.84. The summed E-state index contributed by atoms with van der Waals surface area (Å²) in [6.07, 6.45) is 0. The molecule has 0 radical (unpaired) electrons.